The van der Waals surface area contributed by atoms with Crippen LogP contribution in [0.4, 0.5) is 10.5 Å². The second kappa shape index (κ2) is 12.1. The van der Waals surface area contributed by atoms with E-state index in [2.05, 4.69) is 10.6 Å². The molecule has 8 nitrogen and oxygen atoms in total. The topological polar surface area (TPSA) is 103 Å². The number of hydrogen-bond donors (Lipinski definition) is 2. The lowest BCUT2D eigenvalue weighted by atomic mass is 10.1. The van der Waals surface area contributed by atoms with Gasteiger partial charge in [-0.3, -0.25) is 9.59 Å². The summed E-state index contributed by atoms with van der Waals surface area (Å²) in [6.45, 7) is 2.17. The molecule has 0 radical (unpaired) electrons. The Hall–Kier alpha value is -4.33. The number of para-hydroxylation sites is 1. The SMILES string of the molecule is CCOC(=O)Oc1ccc(C(=O)NCc2cccc(NC(=O)Cc3ccccc3OC)c2)cc1. The van der Waals surface area contributed by atoms with Crippen molar-refractivity contribution in [3.63, 3.8) is 0 Å². The normalized spacial score (nSPS) is 10.2. The molecule has 0 saturated carbocycles. The number of anilines is 1. The molecular formula is C26H26N2O6. The van der Waals surface area contributed by atoms with Gasteiger partial charge in [-0.1, -0.05) is 30.3 Å². The average molecular weight is 463 g/mol. The lowest BCUT2D eigenvalue weighted by Gasteiger charge is -2.11. The van der Waals surface area contributed by atoms with Crippen molar-refractivity contribution >= 4 is 23.7 Å². The molecule has 0 heterocycles. The second-order valence-electron chi connectivity index (χ2n) is 7.23. The van der Waals surface area contributed by atoms with Gasteiger partial charge in [-0.2, -0.15) is 0 Å². The highest BCUT2D eigenvalue weighted by Gasteiger charge is 2.10. The molecule has 0 aromatic heterocycles. The Labute approximate surface area is 197 Å². The van der Waals surface area contributed by atoms with Crippen molar-refractivity contribution in [3.05, 3.63) is 89.5 Å². The molecule has 3 aromatic rings. The molecule has 2 amide bonds. The molecule has 2 N–H and O–H groups in total. The van der Waals surface area contributed by atoms with Crippen molar-refractivity contribution in [1.29, 1.82) is 0 Å². The average Bonchev–Trinajstić information content (AvgIpc) is 2.83. The van der Waals surface area contributed by atoms with Gasteiger partial charge in [0.25, 0.3) is 5.91 Å². The third kappa shape index (κ3) is 7.09. The van der Waals surface area contributed by atoms with E-state index in [4.69, 9.17) is 14.2 Å². The molecule has 3 aromatic carbocycles. The smallest absolute Gasteiger partial charge is 0.496 e. The van der Waals surface area contributed by atoms with Gasteiger partial charge in [-0.05, 0) is 55.0 Å². The van der Waals surface area contributed by atoms with Gasteiger partial charge < -0.3 is 24.8 Å². The van der Waals surface area contributed by atoms with Gasteiger partial charge in [0, 0.05) is 23.4 Å². The number of benzene rings is 3. The number of carbonyl (C=O) groups is 3. The van der Waals surface area contributed by atoms with E-state index >= 15 is 0 Å². The summed E-state index contributed by atoms with van der Waals surface area (Å²) in [6, 6.07) is 20.8. The largest absolute Gasteiger partial charge is 0.513 e. The lowest BCUT2D eigenvalue weighted by molar-refractivity contribution is -0.115. The Bertz CT molecular complexity index is 1140. The minimum atomic E-state index is -0.797. The van der Waals surface area contributed by atoms with Crippen molar-refractivity contribution in [2.24, 2.45) is 0 Å². The first-order chi connectivity index (χ1) is 16.5. The first kappa shape index (κ1) is 24.3. The fraction of sp³-hybridized carbons (Fsp3) is 0.192. The van der Waals surface area contributed by atoms with Crippen LogP contribution in [-0.2, 0) is 22.5 Å². The van der Waals surface area contributed by atoms with E-state index < -0.39 is 6.16 Å². The summed E-state index contributed by atoms with van der Waals surface area (Å²) in [5.41, 5.74) is 2.67. The van der Waals surface area contributed by atoms with Crippen molar-refractivity contribution in [2.75, 3.05) is 19.0 Å². The minimum Gasteiger partial charge on any atom is -0.496 e. The zero-order valence-corrected chi connectivity index (χ0v) is 19.0. The summed E-state index contributed by atoms with van der Waals surface area (Å²) < 4.78 is 15.0. The third-order valence-corrected chi connectivity index (χ3v) is 4.79. The Morgan fingerprint density at radius 3 is 2.41 bits per heavy atom. The molecule has 0 fully saturated rings. The number of ether oxygens (including phenoxy) is 3. The van der Waals surface area contributed by atoms with Gasteiger partial charge in [-0.25, -0.2) is 4.79 Å². The second-order valence-corrected chi connectivity index (χ2v) is 7.23. The van der Waals surface area contributed by atoms with Gasteiger partial charge in [0.2, 0.25) is 5.91 Å². The number of carbonyl (C=O) groups excluding carboxylic acids is 3. The van der Waals surface area contributed by atoms with Crippen molar-refractivity contribution in [3.8, 4) is 11.5 Å². The number of nitrogens with one attached hydrogen (secondary N) is 2. The van der Waals surface area contributed by atoms with Crippen molar-refractivity contribution in [2.45, 2.75) is 19.9 Å². The first-order valence-electron chi connectivity index (χ1n) is 10.7. The van der Waals surface area contributed by atoms with Crippen LogP contribution in [0.5, 0.6) is 11.5 Å². The van der Waals surface area contributed by atoms with Gasteiger partial charge in [0.05, 0.1) is 20.1 Å². The van der Waals surface area contributed by atoms with Crippen LogP contribution in [0.3, 0.4) is 0 Å². The zero-order chi connectivity index (χ0) is 24.3. The van der Waals surface area contributed by atoms with E-state index in [0.29, 0.717) is 17.0 Å². The number of methoxy groups -OCH3 is 1. The minimum absolute atomic E-state index is 0.171. The van der Waals surface area contributed by atoms with Crippen LogP contribution < -0.4 is 20.1 Å². The molecule has 8 heteroatoms. The van der Waals surface area contributed by atoms with E-state index in [1.54, 1.807) is 38.3 Å². The van der Waals surface area contributed by atoms with Crippen LogP contribution in [0, 0.1) is 0 Å². The molecule has 0 atom stereocenters. The molecule has 0 aliphatic carbocycles. The maximum absolute atomic E-state index is 12.5. The standard InChI is InChI=1S/C26H26N2O6/c1-3-33-26(31)34-22-13-11-19(12-14-22)25(30)27-17-18-7-6-9-21(15-18)28-24(29)16-20-8-4-5-10-23(20)32-2/h4-15H,3,16-17H2,1-2H3,(H,27,30)(H,28,29). The highest BCUT2D eigenvalue weighted by Crippen LogP contribution is 2.19. The quantitative estimate of drug-likeness (QED) is 0.362. The highest BCUT2D eigenvalue weighted by molar-refractivity contribution is 5.94. The summed E-state index contributed by atoms with van der Waals surface area (Å²) in [6.07, 6.45) is -0.615. The number of rotatable bonds is 9. The van der Waals surface area contributed by atoms with Gasteiger partial charge in [0.1, 0.15) is 11.5 Å². The molecule has 34 heavy (non-hydrogen) atoms. The molecule has 0 unspecified atom stereocenters. The lowest BCUT2D eigenvalue weighted by Crippen LogP contribution is -2.23. The van der Waals surface area contributed by atoms with E-state index in [0.717, 1.165) is 11.1 Å². The van der Waals surface area contributed by atoms with Gasteiger partial charge in [0.15, 0.2) is 0 Å². The highest BCUT2D eigenvalue weighted by atomic mass is 16.7. The zero-order valence-electron chi connectivity index (χ0n) is 19.0. The van der Waals surface area contributed by atoms with E-state index in [-0.39, 0.29) is 37.1 Å². The Balaban J connectivity index is 1.53. The fourth-order valence-electron chi connectivity index (χ4n) is 3.19. The molecule has 176 valence electrons. The molecule has 0 bridgehead atoms. The van der Waals surface area contributed by atoms with Crippen LogP contribution in [0.15, 0.2) is 72.8 Å². The maximum atomic E-state index is 12.5. The van der Waals surface area contributed by atoms with E-state index in [1.807, 2.05) is 36.4 Å². The predicted octanol–water partition coefficient (Wildman–Crippen LogP) is 4.34. The molecular weight excluding hydrogens is 436 g/mol. The summed E-state index contributed by atoms with van der Waals surface area (Å²) in [5.74, 6) is 0.491. The maximum Gasteiger partial charge on any atom is 0.513 e. The summed E-state index contributed by atoms with van der Waals surface area (Å²) in [5, 5.41) is 5.70. The number of hydrogen-bond acceptors (Lipinski definition) is 6. The van der Waals surface area contributed by atoms with Crippen LogP contribution in [0.25, 0.3) is 0 Å². The summed E-state index contributed by atoms with van der Waals surface area (Å²) in [7, 11) is 1.57. The number of amides is 2. The van der Waals surface area contributed by atoms with Crippen LogP contribution in [0.1, 0.15) is 28.4 Å². The predicted molar refractivity (Wildman–Crippen MR) is 127 cm³/mol. The van der Waals surface area contributed by atoms with E-state index in [1.165, 1.54) is 12.1 Å². The van der Waals surface area contributed by atoms with Crippen molar-refractivity contribution in [1.82, 2.24) is 5.32 Å². The van der Waals surface area contributed by atoms with E-state index in [9.17, 15) is 14.4 Å². The first-order valence-corrected chi connectivity index (χ1v) is 10.7. The Morgan fingerprint density at radius 1 is 0.912 bits per heavy atom. The van der Waals surface area contributed by atoms with Crippen LogP contribution >= 0.6 is 0 Å². The van der Waals surface area contributed by atoms with Crippen LogP contribution in [-0.4, -0.2) is 31.7 Å². The molecule has 0 spiro atoms. The van der Waals surface area contributed by atoms with Crippen molar-refractivity contribution < 1.29 is 28.6 Å². The Morgan fingerprint density at radius 2 is 1.68 bits per heavy atom. The summed E-state index contributed by atoms with van der Waals surface area (Å²) >= 11 is 0. The van der Waals surface area contributed by atoms with Gasteiger partial charge in [-0.15, -0.1) is 0 Å². The van der Waals surface area contributed by atoms with Crippen LogP contribution in [0.2, 0.25) is 0 Å². The molecule has 0 aliphatic heterocycles. The van der Waals surface area contributed by atoms with Gasteiger partial charge >= 0.3 is 6.16 Å². The fourth-order valence-corrected chi connectivity index (χ4v) is 3.19. The Kier molecular flexibility index (Phi) is 8.62. The monoisotopic (exact) mass is 462 g/mol. The molecule has 3 rings (SSSR count). The molecule has 0 saturated heterocycles. The molecule has 0 aliphatic rings. The summed E-state index contributed by atoms with van der Waals surface area (Å²) in [4.78, 5) is 36.3. The third-order valence-electron chi connectivity index (χ3n) is 4.79.